The van der Waals surface area contributed by atoms with E-state index in [2.05, 4.69) is 99.6 Å². The van der Waals surface area contributed by atoms with Crippen LogP contribution in [0.3, 0.4) is 0 Å². The molecule has 39 heavy (non-hydrogen) atoms. The smallest absolute Gasteiger partial charge is 0.155 e. The summed E-state index contributed by atoms with van der Waals surface area (Å²) >= 11 is 1.79. The third-order valence-electron chi connectivity index (χ3n) is 6.04. The first-order valence-electron chi connectivity index (χ1n) is 12.6. The number of ketones is 1. The summed E-state index contributed by atoms with van der Waals surface area (Å²) in [6, 6.07) is 33.5. The molecular formula is C34H32IrNO2S-. The molecule has 0 saturated carbocycles. The zero-order chi connectivity index (χ0) is 27.3. The number of pyridine rings is 1. The number of hydrogen-bond donors (Lipinski definition) is 1. The van der Waals surface area contributed by atoms with Gasteiger partial charge in [0, 0.05) is 37.3 Å². The molecule has 0 atom stereocenters. The molecule has 3 nitrogen and oxygen atoms in total. The van der Waals surface area contributed by atoms with E-state index in [1.165, 1.54) is 57.1 Å². The Labute approximate surface area is 248 Å². The zero-order valence-corrected chi connectivity index (χ0v) is 26.0. The molecular weight excluding hydrogens is 679 g/mol. The van der Waals surface area contributed by atoms with E-state index in [9.17, 15) is 4.79 Å². The van der Waals surface area contributed by atoms with Crippen LogP contribution in [0.15, 0.2) is 103 Å². The number of aliphatic hydroxyl groups is 1. The Morgan fingerprint density at radius 3 is 2.18 bits per heavy atom. The van der Waals surface area contributed by atoms with Gasteiger partial charge in [-0.25, -0.2) is 0 Å². The van der Waals surface area contributed by atoms with Crippen LogP contribution >= 0.6 is 11.3 Å². The number of carbonyl (C=O) groups excluding carboxylic acids is 1. The maximum atomic E-state index is 10.0. The minimum absolute atomic E-state index is 0. The van der Waals surface area contributed by atoms with Gasteiger partial charge in [0.2, 0.25) is 0 Å². The van der Waals surface area contributed by atoms with Crippen LogP contribution in [0.4, 0.5) is 0 Å². The Balaban J connectivity index is 0.000000468. The van der Waals surface area contributed by atoms with E-state index in [1.54, 1.807) is 11.3 Å². The number of allylic oxidation sites excluding steroid dienone is 2. The van der Waals surface area contributed by atoms with Gasteiger partial charge in [0.15, 0.2) is 5.78 Å². The van der Waals surface area contributed by atoms with Crippen molar-refractivity contribution in [1.82, 2.24) is 4.98 Å². The van der Waals surface area contributed by atoms with Crippen LogP contribution in [0, 0.1) is 6.07 Å². The van der Waals surface area contributed by atoms with E-state index >= 15 is 0 Å². The van der Waals surface area contributed by atoms with Crippen molar-refractivity contribution in [2.75, 3.05) is 0 Å². The fourth-order valence-electron chi connectivity index (χ4n) is 4.09. The second-order valence-corrected chi connectivity index (χ2v) is 11.4. The molecule has 0 aliphatic rings. The molecule has 0 bridgehead atoms. The van der Waals surface area contributed by atoms with Crippen molar-refractivity contribution in [2.45, 2.75) is 40.0 Å². The van der Waals surface area contributed by atoms with E-state index in [-0.39, 0.29) is 37.1 Å². The SMILES string of the molecule is CC(=O)/C=C(/C)O.CC(C)(C)c1ccc(-c2cc3cc(-c4[c-]ccc(-c5ccccc5)c4)ncc3s2)cc1.[Ir]. The van der Waals surface area contributed by atoms with Gasteiger partial charge < -0.3 is 10.1 Å². The number of aromatic nitrogens is 1. The van der Waals surface area contributed by atoms with E-state index < -0.39 is 0 Å². The van der Waals surface area contributed by atoms with E-state index in [1.807, 2.05) is 18.3 Å². The summed E-state index contributed by atoms with van der Waals surface area (Å²) in [6.07, 6.45) is 3.16. The standard InChI is InChI=1S/C29H24NS.C5H8O2.Ir/c1-29(2,3)25-14-12-21(13-15-25)27-18-24-17-26(30-19-28(24)31-27)23-11-7-10-22(16-23)20-8-5-4-6-9-20;1-4(6)3-5(2)7;/h4-10,12-19H,1-3H3;3,6H,1-2H3;/q-1;;/b;4-3-;. The third-order valence-corrected chi connectivity index (χ3v) is 7.17. The van der Waals surface area contributed by atoms with Gasteiger partial charge >= 0.3 is 0 Å². The van der Waals surface area contributed by atoms with Crippen molar-refractivity contribution in [3.05, 3.63) is 115 Å². The van der Waals surface area contributed by atoms with Crippen molar-refractivity contribution in [3.63, 3.8) is 0 Å². The van der Waals surface area contributed by atoms with Crippen LogP contribution in [-0.4, -0.2) is 15.9 Å². The van der Waals surface area contributed by atoms with Gasteiger partial charge in [-0.1, -0.05) is 81.4 Å². The van der Waals surface area contributed by atoms with E-state index in [0.717, 1.165) is 11.3 Å². The summed E-state index contributed by atoms with van der Waals surface area (Å²) < 4.78 is 1.21. The molecule has 5 heteroatoms. The number of hydrogen-bond acceptors (Lipinski definition) is 4. The first-order chi connectivity index (χ1) is 18.1. The zero-order valence-electron chi connectivity index (χ0n) is 22.8. The monoisotopic (exact) mass is 711 g/mol. The molecule has 0 saturated heterocycles. The van der Waals surface area contributed by atoms with E-state index in [4.69, 9.17) is 10.1 Å². The molecule has 1 radical (unpaired) electrons. The van der Waals surface area contributed by atoms with Gasteiger partial charge in [-0.3, -0.25) is 4.79 Å². The van der Waals surface area contributed by atoms with Crippen LogP contribution in [0.1, 0.15) is 40.2 Å². The molecule has 1 N–H and O–H groups in total. The molecule has 5 rings (SSSR count). The van der Waals surface area contributed by atoms with Gasteiger partial charge in [-0.15, -0.1) is 46.7 Å². The Morgan fingerprint density at radius 2 is 1.59 bits per heavy atom. The number of benzene rings is 3. The molecule has 3 aromatic carbocycles. The van der Waals surface area contributed by atoms with Gasteiger partial charge in [0.05, 0.1) is 10.5 Å². The molecule has 2 heterocycles. The number of rotatable bonds is 4. The fourth-order valence-corrected chi connectivity index (χ4v) is 5.11. The summed E-state index contributed by atoms with van der Waals surface area (Å²) in [4.78, 5) is 16.0. The third kappa shape index (κ3) is 8.06. The van der Waals surface area contributed by atoms with Crippen LogP contribution < -0.4 is 0 Å². The predicted molar refractivity (Wildman–Crippen MR) is 161 cm³/mol. The first kappa shape index (κ1) is 30.2. The molecule has 0 spiro atoms. The van der Waals surface area contributed by atoms with Crippen molar-refractivity contribution in [2.24, 2.45) is 0 Å². The number of thiophene rings is 1. The summed E-state index contributed by atoms with van der Waals surface area (Å²) in [7, 11) is 0. The average Bonchev–Trinajstić information content (AvgIpc) is 3.32. The molecule has 5 aromatic rings. The summed E-state index contributed by atoms with van der Waals surface area (Å²) in [5.41, 5.74) is 7.14. The predicted octanol–water partition coefficient (Wildman–Crippen LogP) is 9.43. The molecule has 0 unspecified atom stereocenters. The van der Waals surface area contributed by atoms with Crippen molar-refractivity contribution < 1.29 is 30.0 Å². The molecule has 201 valence electrons. The quantitative estimate of drug-likeness (QED) is 0.115. The Kier molecular flexibility index (Phi) is 10.2. The maximum absolute atomic E-state index is 10.0. The Bertz CT molecular complexity index is 1580. The van der Waals surface area contributed by atoms with Gasteiger partial charge in [0.25, 0.3) is 0 Å². The summed E-state index contributed by atoms with van der Waals surface area (Å²) in [5.74, 6) is -0.0625. The normalized spacial score (nSPS) is 11.4. The first-order valence-corrected chi connectivity index (χ1v) is 13.4. The number of fused-ring (bicyclic) bond motifs is 1. The average molecular weight is 711 g/mol. The van der Waals surface area contributed by atoms with Crippen molar-refractivity contribution in [1.29, 1.82) is 0 Å². The minimum atomic E-state index is -0.125. The molecule has 2 aromatic heterocycles. The number of aliphatic hydroxyl groups excluding tert-OH is 1. The van der Waals surface area contributed by atoms with Crippen LogP contribution in [0.2, 0.25) is 0 Å². The molecule has 0 aliphatic carbocycles. The van der Waals surface area contributed by atoms with E-state index in [0.29, 0.717) is 0 Å². The topological polar surface area (TPSA) is 50.2 Å². The maximum Gasteiger partial charge on any atom is 0.155 e. The number of nitrogens with zero attached hydrogens (tertiary/aromatic N) is 1. The number of carbonyl (C=O) groups is 1. The van der Waals surface area contributed by atoms with Crippen molar-refractivity contribution >= 4 is 27.2 Å². The van der Waals surface area contributed by atoms with Crippen LogP contribution in [0.5, 0.6) is 0 Å². The summed E-state index contributed by atoms with van der Waals surface area (Å²) in [6.45, 7) is 9.59. The minimum Gasteiger partial charge on any atom is -0.512 e. The molecule has 0 aliphatic heterocycles. The van der Waals surface area contributed by atoms with Crippen molar-refractivity contribution in [3.8, 4) is 32.8 Å². The second kappa shape index (κ2) is 13.1. The van der Waals surface area contributed by atoms with Gasteiger partial charge in [-0.05, 0) is 53.1 Å². The van der Waals surface area contributed by atoms with Crippen LogP contribution in [0.25, 0.3) is 42.9 Å². The largest absolute Gasteiger partial charge is 0.512 e. The second-order valence-electron chi connectivity index (χ2n) is 10.3. The fraction of sp³-hybridized carbons (Fsp3) is 0.176. The van der Waals surface area contributed by atoms with Gasteiger partial charge in [-0.2, -0.15) is 0 Å². The van der Waals surface area contributed by atoms with Crippen LogP contribution in [-0.2, 0) is 30.3 Å². The Hall–Kier alpha value is -3.37. The Morgan fingerprint density at radius 1 is 0.897 bits per heavy atom. The molecule has 0 amide bonds. The molecule has 0 fully saturated rings. The van der Waals surface area contributed by atoms with Gasteiger partial charge in [0.1, 0.15) is 0 Å². The summed E-state index contributed by atoms with van der Waals surface area (Å²) in [5, 5.41) is 9.59.